The van der Waals surface area contributed by atoms with Gasteiger partial charge in [0.05, 0.1) is 0 Å². The summed E-state index contributed by atoms with van der Waals surface area (Å²) >= 11 is 0. The van der Waals surface area contributed by atoms with E-state index in [9.17, 15) is 0 Å². The molecule has 3 aromatic rings. The normalized spacial score (nSPS) is 11.5. The highest BCUT2D eigenvalue weighted by molar-refractivity contribution is 6.21. The maximum atomic E-state index is 4.34. The minimum Gasteiger partial charge on any atom is -0.313 e. The number of nitrogens with zero attached hydrogens (tertiary/aromatic N) is 3. The van der Waals surface area contributed by atoms with Gasteiger partial charge in [-0.1, -0.05) is 0 Å². The zero-order valence-corrected chi connectivity index (χ0v) is 15.8. The van der Waals surface area contributed by atoms with E-state index >= 15 is 0 Å². The first-order valence-corrected chi connectivity index (χ1v) is 8.22. The van der Waals surface area contributed by atoms with Gasteiger partial charge in [-0.15, -0.1) is 0 Å². The predicted molar refractivity (Wildman–Crippen MR) is 107 cm³/mol. The molecule has 0 aliphatic carbocycles. The van der Waals surface area contributed by atoms with Crippen LogP contribution in [-0.2, 0) is 7.05 Å². The third-order valence-corrected chi connectivity index (χ3v) is 5.88. The van der Waals surface area contributed by atoms with Crippen molar-refractivity contribution in [3.8, 4) is 0 Å². The molecule has 0 N–H and O–H groups in total. The van der Waals surface area contributed by atoms with Crippen molar-refractivity contribution < 1.29 is 0 Å². The Morgan fingerprint density at radius 1 is 0.542 bits per heavy atom. The third-order valence-electron chi connectivity index (χ3n) is 5.88. The quantitative estimate of drug-likeness (QED) is 0.531. The van der Waals surface area contributed by atoms with Gasteiger partial charge in [0, 0.05) is 17.8 Å². The van der Waals surface area contributed by atoms with Crippen LogP contribution in [0.3, 0.4) is 0 Å². The van der Waals surface area contributed by atoms with Gasteiger partial charge in [0.1, 0.15) is 11.6 Å². The van der Waals surface area contributed by atoms with Crippen LogP contribution in [0.4, 0.5) is 11.6 Å². The van der Waals surface area contributed by atoms with Crippen molar-refractivity contribution in [1.29, 1.82) is 0 Å². The summed E-state index contributed by atoms with van der Waals surface area (Å²) in [6, 6.07) is 0. The fourth-order valence-electron chi connectivity index (χ4n) is 4.09. The monoisotopic (exact) mass is 319 g/mol. The Hall–Kier alpha value is -2.42. The topological polar surface area (TPSA) is 29.6 Å². The van der Waals surface area contributed by atoms with E-state index in [4.69, 9.17) is 0 Å². The van der Waals surface area contributed by atoms with Gasteiger partial charge in [-0.2, -0.15) is 0 Å². The van der Waals surface area contributed by atoms with Gasteiger partial charge in [0.15, 0.2) is 0 Å². The number of aliphatic imine (C=N–C) groups is 2. The van der Waals surface area contributed by atoms with Gasteiger partial charge in [0.25, 0.3) is 0 Å². The van der Waals surface area contributed by atoms with Crippen molar-refractivity contribution >= 4 is 46.6 Å². The molecule has 3 nitrogen and oxygen atoms in total. The number of hydrogen-bond donors (Lipinski definition) is 0. The van der Waals surface area contributed by atoms with Crippen molar-refractivity contribution in [2.24, 2.45) is 17.0 Å². The number of fused-ring (bicyclic) bond motifs is 3. The fraction of sp³-hybridized carbons (Fsp3) is 0.333. The van der Waals surface area contributed by atoms with Crippen LogP contribution >= 0.6 is 0 Å². The number of hydrogen-bond acceptors (Lipinski definition) is 2. The average Bonchev–Trinajstić information content (AvgIpc) is 2.85. The summed E-state index contributed by atoms with van der Waals surface area (Å²) in [4.78, 5) is 8.63. The molecule has 124 valence electrons. The minimum absolute atomic E-state index is 0.866. The Balaban J connectivity index is 2.86. The second-order valence-electron chi connectivity index (χ2n) is 6.77. The van der Waals surface area contributed by atoms with Gasteiger partial charge in [0.2, 0.25) is 0 Å². The van der Waals surface area contributed by atoms with Gasteiger partial charge in [-0.3, -0.25) is 0 Å². The van der Waals surface area contributed by atoms with E-state index in [1.165, 1.54) is 44.2 Å². The van der Waals surface area contributed by atoms with E-state index in [0.29, 0.717) is 0 Å². The van der Waals surface area contributed by atoms with Crippen LogP contribution in [0.25, 0.3) is 21.5 Å². The van der Waals surface area contributed by atoms with Crippen molar-refractivity contribution in [1.82, 2.24) is 4.57 Å². The maximum absolute atomic E-state index is 4.34. The molecule has 0 radical (unpaired) electrons. The Labute approximate surface area is 143 Å². The van der Waals surface area contributed by atoms with E-state index in [1.807, 2.05) is 11.6 Å². The number of aryl methyl sites for hydroxylation is 4. The molecule has 0 bridgehead atoms. The van der Waals surface area contributed by atoms with Gasteiger partial charge >= 0.3 is 0 Å². The second-order valence-corrected chi connectivity index (χ2v) is 6.77. The summed E-state index contributed by atoms with van der Waals surface area (Å²) in [5, 5.41) is 4.91. The highest BCUT2D eigenvalue weighted by atomic mass is 15.1. The highest BCUT2D eigenvalue weighted by Gasteiger charge is 2.23. The van der Waals surface area contributed by atoms with Gasteiger partial charge in [-0.25, -0.2) is 9.98 Å². The standard InChI is InChI=1S/C21H25N3/c1-10-11(2)13(4)17-16(12(10)3)14(5)15(6)18-19(17)21(23-8)24(9)20(18)22-7/h7-8H2,1-6,9H3. The second kappa shape index (κ2) is 5.30. The van der Waals surface area contributed by atoms with Crippen LogP contribution in [0.5, 0.6) is 0 Å². The minimum atomic E-state index is 0.866. The molecule has 0 saturated carbocycles. The van der Waals surface area contributed by atoms with Crippen LogP contribution in [0.15, 0.2) is 9.98 Å². The van der Waals surface area contributed by atoms with Crippen molar-refractivity contribution in [3.05, 3.63) is 33.4 Å². The molecule has 0 amide bonds. The summed E-state index contributed by atoms with van der Waals surface area (Å²) in [7, 11) is 1.98. The average molecular weight is 319 g/mol. The lowest BCUT2D eigenvalue weighted by Crippen LogP contribution is -1.98. The molecule has 2 aromatic carbocycles. The maximum Gasteiger partial charge on any atom is 0.141 e. The fourth-order valence-corrected chi connectivity index (χ4v) is 4.09. The number of benzene rings is 2. The summed E-state index contributed by atoms with van der Waals surface area (Å²) in [6.07, 6.45) is 0. The predicted octanol–water partition coefficient (Wildman–Crippen LogP) is 5.85. The number of rotatable bonds is 2. The molecule has 0 aliphatic rings. The summed E-state index contributed by atoms with van der Waals surface area (Å²) in [5.74, 6) is 1.73. The zero-order valence-electron chi connectivity index (χ0n) is 15.8. The van der Waals surface area contributed by atoms with Crippen molar-refractivity contribution in [3.63, 3.8) is 0 Å². The Morgan fingerprint density at radius 2 is 0.917 bits per heavy atom. The zero-order chi connectivity index (χ0) is 17.9. The Kier molecular flexibility index (Phi) is 3.63. The van der Waals surface area contributed by atoms with Crippen molar-refractivity contribution in [2.75, 3.05) is 0 Å². The summed E-state index contributed by atoms with van der Waals surface area (Å²) < 4.78 is 2.00. The van der Waals surface area contributed by atoms with Crippen molar-refractivity contribution in [2.45, 2.75) is 41.5 Å². The lowest BCUT2D eigenvalue weighted by molar-refractivity contribution is 0.932. The van der Waals surface area contributed by atoms with Crippen LogP contribution in [0, 0.1) is 41.5 Å². The lowest BCUT2D eigenvalue weighted by Gasteiger charge is -2.19. The SMILES string of the molecule is C=Nc1c2c(C)c(C)c3c(C)c(C)c(C)c(C)c3c2c(N=C)n1C. The first kappa shape index (κ1) is 16.4. The molecule has 24 heavy (non-hydrogen) atoms. The molecule has 0 unspecified atom stereocenters. The van der Waals surface area contributed by atoms with Gasteiger partial charge < -0.3 is 4.57 Å². The molecule has 0 spiro atoms. The largest absolute Gasteiger partial charge is 0.313 e. The third kappa shape index (κ3) is 1.78. The molecule has 3 rings (SSSR count). The smallest absolute Gasteiger partial charge is 0.141 e. The molecule has 3 heteroatoms. The molecular weight excluding hydrogens is 294 g/mol. The van der Waals surface area contributed by atoms with Crippen LogP contribution in [0.2, 0.25) is 0 Å². The molecule has 0 saturated heterocycles. The molecule has 0 fully saturated rings. The highest BCUT2D eigenvalue weighted by Crippen LogP contribution is 2.47. The Morgan fingerprint density at radius 3 is 1.42 bits per heavy atom. The Bertz CT molecular complexity index is 1050. The number of aromatic nitrogens is 1. The summed E-state index contributed by atoms with van der Waals surface area (Å²) in [6.45, 7) is 20.8. The van der Waals surface area contributed by atoms with E-state index in [2.05, 4.69) is 65.0 Å². The summed E-state index contributed by atoms with van der Waals surface area (Å²) in [5.41, 5.74) is 7.93. The van der Waals surface area contributed by atoms with Crippen LogP contribution in [-0.4, -0.2) is 18.0 Å². The van der Waals surface area contributed by atoms with E-state index in [0.717, 1.165) is 22.4 Å². The molecule has 1 aromatic heterocycles. The van der Waals surface area contributed by atoms with Gasteiger partial charge in [-0.05, 0) is 99.1 Å². The van der Waals surface area contributed by atoms with E-state index in [-0.39, 0.29) is 0 Å². The van der Waals surface area contributed by atoms with Crippen LogP contribution < -0.4 is 0 Å². The molecule has 0 atom stereocenters. The lowest BCUT2D eigenvalue weighted by atomic mass is 9.85. The van der Waals surface area contributed by atoms with Crippen LogP contribution in [0.1, 0.15) is 33.4 Å². The first-order valence-electron chi connectivity index (χ1n) is 8.22. The van der Waals surface area contributed by atoms with E-state index in [1.54, 1.807) is 0 Å². The first-order chi connectivity index (χ1) is 11.3. The molecule has 0 aliphatic heterocycles. The van der Waals surface area contributed by atoms with E-state index < -0.39 is 0 Å². The molecule has 1 heterocycles. The molecular formula is C21H25N3.